The van der Waals surface area contributed by atoms with E-state index in [-0.39, 0.29) is 24.0 Å². The van der Waals surface area contributed by atoms with Gasteiger partial charge in [-0.1, -0.05) is 12.1 Å². The van der Waals surface area contributed by atoms with E-state index in [1.165, 1.54) is 24.0 Å². The van der Waals surface area contributed by atoms with Crippen LogP contribution in [0, 0.1) is 5.82 Å². The summed E-state index contributed by atoms with van der Waals surface area (Å²) in [5.74, 6) is -0.393. The molecule has 0 N–H and O–H groups in total. The summed E-state index contributed by atoms with van der Waals surface area (Å²) in [5.41, 5.74) is 1.02. The summed E-state index contributed by atoms with van der Waals surface area (Å²) >= 11 is 0. The molecule has 0 aromatic heterocycles. The molecule has 0 bridgehead atoms. The van der Waals surface area contributed by atoms with Gasteiger partial charge in [-0.05, 0) is 37.3 Å². The molecule has 6 heteroatoms. The third kappa shape index (κ3) is 3.22. The molecule has 0 unspecified atom stereocenters. The summed E-state index contributed by atoms with van der Waals surface area (Å²) in [5, 5.41) is 0. The van der Waals surface area contributed by atoms with Crippen molar-refractivity contribution in [1.82, 2.24) is 0 Å². The van der Waals surface area contributed by atoms with Crippen molar-refractivity contribution in [1.29, 1.82) is 0 Å². The van der Waals surface area contributed by atoms with Gasteiger partial charge in [-0.2, -0.15) is 0 Å². The number of ketones is 1. The lowest BCUT2D eigenvalue weighted by molar-refractivity contribution is -0.120. The summed E-state index contributed by atoms with van der Waals surface area (Å²) < 4.78 is 24.3. The minimum atomic E-state index is -0.522. The lowest BCUT2D eigenvalue weighted by Gasteiger charge is -2.29. The maximum Gasteiger partial charge on any atom is 0.265 e. The first kappa shape index (κ1) is 16.0. The van der Waals surface area contributed by atoms with Gasteiger partial charge in [0.2, 0.25) is 0 Å². The first-order valence-electron chi connectivity index (χ1n) is 7.52. The number of rotatable bonds is 4. The Morgan fingerprint density at radius 2 is 2.04 bits per heavy atom. The average Bonchev–Trinajstić information content (AvgIpc) is 2.59. The Kier molecular flexibility index (Phi) is 4.46. The molecule has 2 aromatic rings. The Hall–Kier alpha value is -2.89. The van der Waals surface area contributed by atoms with Gasteiger partial charge in [0.05, 0.1) is 12.2 Å². The van der Waals surface area contributed by atoms with Crippen molar-refractivity contribution in [2.45, 2.75) is 6.92 Å². The van der Waals surface area contributed by atoms with Crippen LogP contribution in [0.3, 0.4) is 0 Å². The second-order valence-corrected chi connectivity index (χ2v) is 5.35. The van der Waals surface area contributed by atoms with Crippen molar-refractivity contribution >= 4 is 17.4 Å². The Morgan fingerprint density at radius 1 is 1.25 bits per heavy atom. The zero-order chi connectivity index (χ0) is 17.1. The number of fused-ring (bicyclic) bond motifs is 1. The number of carbonyl (C=O) groups is 2. The quantitative estimate of drug-likeness (QED) is 0.810. The molecule has 1 aliphatic heterocycles. The largest absolute Gasteiger partial charge is 0.490 e. The number of para-hydroxylation sites is 1. The van der Waals surface area contributed by atoms with Gasteiger partial charge in [0.25, 0.3) is 5.91 Å². The molecular formula is C18H16FNO4. The predicted octanol–water partition coefficient (Wildman–Crippen LogP) is 2.83. The third-order valence-electron chi connectivity index (χ3n) is 3.72. The van der Waals surface area contributed by atoms with Gasteiger partial charge in [0, 0.05) is 5.56 Å². The zero-order valence-corrected chi connectivity index (χ0v) is 13.1. The van der Waals surface area contributed by atoms with Crippen LogP contribution < -0.4 is 14.4 Å². The second-order valence-electron chi connectivity index (χ2n) is 5.35. The van der Waals surface area contributed by atoms with Crippen molar-refractivity contribution in [2.75, 3.05) is 24.7 Å². The van der Waals surface area contributed by atoms with E-state index in [1.807, 2.05) is 0 Å². The molecule has 0 saturated heterocycles. The number of amides is 1. The highest BCUT2D eigenvalue weighted by Crippen LogP contribution is 2.32. The monoisotopic (exact) mass is 329 g/mol. The molecule has 0 atom stereocenters. The van der Waals surface area contributed by atoms with Crippen LogP contribution in [0.4, 0.5) is 10.1 Å². The van der Waals surface area contributed by atoms with E-state index in [4.69, 9.17) is 9.47 Å². The standard InChI is InChI=1S/C18H16FNO4/c1-12(21)13-6-7-17-15(10-13)20(8-9-23-17)18(22)11-24-16-5-3-2-4-14(16)19/h2-7,10H,8-9,11H2,1H3. The van der Waals surface area contributed by atoms with Gasteiger partial charge in [-0.3, -0.25) is 9.59 Å². The number of benzene rings is 2. The summed E-state index contributed by atoms with van der Waals surface area (Å²) in [7, 11) is 0. The number of Topliss-reactive ketones (excluding diaryl/α,β-unsaturated/α-hetero) is 1. The SMILES string of the molecule is CC(=O)c1ccc2c(c1)N(C(=O)COc1ccccc1F)CCO2. The minimum Gasteiger partial charge on any atom is -0.490 e. The van der Waals surface area contributed by atoms with Gasteiger partial charge < -0.3 is 14.4 Å². The molecular weight excluding hydrogens is 313 g/mol. The molecule has 1 amide bonds. The van der Waals surface area contributed by atoms with E-state index < -0.39 is 5.82 Å². The van der Waals surface area contributed by atoms with Gasteiger partial charge >= 0.3 is 0 Å². The highest BCUT2D eigenvalue weighted by Gasteiger charge is 2.25. The zero-order valence-electron chi connectivity index (χ0n) is 13.1. The molecule has 0 fully saturated rings. The van der Waals surface area contributed by atoms with Crippen LogP contribution in [-0.2, 0) is 4.79 Å². The van der Waals surface area contributed by atoms with E-state index in [9.17, 15) is 14.0 Å². The Morgan fingerprint density at radius 3 is 2.79 bits per heavy atom. The van der Waals surface area contributed by atoms with Crippen molar-refractivity contribution in [2.24, 2.45) is 0 Å². The smallest absolute Gasteiger partial charge is 0.265 e. The highest BCUT2D eigenvalue weighted by atomic mass is 19.1. The van der Waals surface area contributed by atoms with Crippen LogP contribution in [-0.4, -0.2) is 31.4 Å². The van der Waals surface area contributed by atoms with Crippen LogP contribution in [0.15, 0.2) is 42.5 Å². The molecule has 1 heterocycles. The topological polar surface area (TPSA) is 55.8 Å². The van der Waals surface area contributed by atoms with E-state index in [0.717, 1.165) is 0 Å². The average molecular weight is 329 g/mol. The number of nitrogens with zero attached hydrogens (tertiary/aromatic N) is 1. The maximum atomic E-state index is 13.6. The summed E-state index contributed by atoms with van der Waals surface area (Å²) in [6.45, 7) is 1.84. The normalized spacial score (nSPS) is 13.0. The highest BCUT2D eigenvalue weighted by molar-refractivity contribution is 6.00. The molecule has 124 valence electrons. The van der Waals surface area contributed by atoms with E-state index in [0.29, 0.717) is 30.2 Å². The minimum absolute atomic E-state index is 0.0248. The summed E-state index contributed by atoms with van der Waals surface area (Å²) in [4.78, 5) is 25.5. The molecule has 0 aliphatic carbocycles. The van der Waals surface area contributed by atoms with Gasteiger partial charge in [0.15, 0.2) is 24.0 Å². The van der Waals surface area contributed by atoms with E-state index in [2.05, 4.69) is 0 Å². The number of hydrogen-bond acceptors (Lipinski definition) is 4. The third-order valence-corrected chi connectivity index (χ3v) is 3.72. The number of carbonyl (C=O) groups excluding carboxylic acids is 2. The molecule has 1 aliphatic rings. The maximum absolute atomic E-state index is 13.6. The molecule has 5 nitrogen and oxygen atoms in total. The number of halogens is 1. The second kappa shape index (κ2) is 6.70. The number of anilines is 1. The Balaban J connectivity index is 1.78. The van der Waals surface area contributed by atoms with Crippen LogP contribution in [0.5, 0.6) is 11.5 Å². The van der Waals surface area contributed by atoms with Crippen LogP contribution in [0.1, 0.15) is 17.3 Å². The van der Waals surface area contributed by atoms with E-state index in [1.54, 1.807) is 30.3 Å². The van der Waals surface area contributed by atoms with Crippen molar-refractivity contribution in [3.05, 3.63) is 53.8 Å². The van der Waals surface area contributed by atoms with Crippen LogP contribution in [0.2, 0.25) is 0 Å². The lowest BCUT2D eigenvalue weighted by Crippen LogP contribution is -2.40. The van der Waals surface area contributed by atoms with Gasteiger partial charge in [-0.15, -0.1) is 0 Å². The summed E-state index contributed by atoms with van der Waals surface area (Å²) in [6.07, 6.45) is 0. The number of hydrogen-bond donors (Lipinski definition) is 0. The van der Waals surface area contributed by atoms with Crippen molar-refractivity contribution < 1.29 is 23.5 Å². The fraction of sp³-hybridized carbons (Fsp3) is 0.222. The number of ether oxygens (including phenoxy) is 2. The van der Waals surface area contributed by atoms with Crippen LogP contribution in [0.25, 0.3) is 0 Å². The molecule has 24 heavy (non-hydrogen) atoms. The lowest BCUT2D eigenvalue weighted by atomic mass is 10.1. The molecule has 0 spiro atoms. The Labute approximate surface area is 138 Å². The van der Waals surface area contributed by atoms with E-state index >= 15 is 0 Å². The van der Waals surface area contributed by atoms with Crippen molar-refractivity contribution in [3.63, 3.8) is 0 Å². The molecule has 0 saturated carbocycles. The molecule has 3 rings (SSSR count). The molecule has 0 radical (unpaired) electrons. The molecule has 2 aromatic carbocycles. The van der Waals surface area contributed by atoms with Crippen molar-refractivity contribution in [3.8, 4) is 11.5 Å². The first-order chi connectivity index (χ1) is 11.6. The van der Waals surface area contributed by atoms with Crippen LogP contribution >= 0.6 is 0 Å². The summed E-state index contributed by atoms with van der Waals surface area (Å²) in [6, 6.07) is 10.9. The fourth-order valence-electron chi connectivity index (χ4n) is 2.47. The first-order valence-corrected chi connectivity index (χ1v) is 7.52. The fourth-order valence-corrected chi connectivity index (χ4v) is 2.47. The van der Waals surface area contributed by atoms with Gasteiger partial charge in [-0.25, -0.2) is 4.39 Å². The predicted molar refractivity (Wildman–Crippen MR) is 86.2 cm³/mol. The van der Waals surface area contributed by atoms with Gasteiger partial charge in [0.1, 0.15) is 12.4 Å². The Bertz CT molecular complexity index is 790.